The monoisotopic (exact) mass is 528 g/mol. The Hall–Kier alpha value is -3.08. The third kappa shape index (κ3) is 4.48. The Labute approximate surface area is 203 Å². The minimum absolute atomic E-state index is 0.0121. The number of sulfonamides is 1. The topological polar surface area (TPSA) is 95.9 Å². The minimum Gasteiger partial charge on any atom is -0.505 e. The number of aromatic hydroxyl groups is 1. The number of benzene rings is 3. The number of hydrogen-bond donors (Lipinski definition) is 2. The highest BCUT2D eigenvalue weighted by Crippen LogP contribution is 2.38. The molecule has 0 unspecified atom stereocenters. The number of carbonyl (C=O) groups excluding carboxylic acids is 1. The van der Waals surface area contributed by atoms with Crippen LogP contribution in [0.3, 0.4) is 0 Å². The van der Waals surface area contributed by atoms with Crippen LogP contribution in [0.5, 0.6) is 11.5 Å². The molecule has 7 nitrogen and oxygen atoms in total. The highest BCUT2D eigenvalue weighted by molar-refractivity contribution is 7.92. The van der Waals surface area contributed by atoms with Crippen molar-refractivity contribution in [1.82, 2.24) is 4.90 Å². The maximum atomic E-state index is 14.8. The van der Waals surface area contributed by atoms with E-state index in [-0.39, 0.29) is 40.6 Å². The number of rotatable bonds is 0. The number of fused-ring (bicyclic) bond motifs is 6. The fraction of sp³-hybridized carbons (Fsp3) is 0.136. The molecule has 4 rings (SSSR count). The summed E-state index contributed by atoms with van der Waals surface area (Å²) in [5.41, 5.74) is -0.790. The van der Waals surface area contributed by atoms with Gasteiger partial charge in [-0.3, -0.25) is 9.52 Å². The van der Waals surface area contributed by atoms with Gasteiger partial charge < -0.3 is 14.7 Å². The third-order valence-corrected chi connectivity index (χ3v) is 7.03. The van der Waals surface area contributed by atoms with Crippen LogP contribution in [0.2, 0.25) is 10.0 Å². The van der Waals surface area contributed by atoms with E-state index in [0.717, 1.165) is 18.2 Å². The van der Waals surface area contributed by atoms with Gasteiger partial charge in [0, 0.05) is 34.8 Å². The molecule has 4 bridgehead atoms. The van der Waals surface area contributed by atoms with Crippen molar-refractivity contribution < 1.29 is 31.8 Å². The van der Waals surface area contributed by atoms with E-state index < -0.39 is 48.9 Å². The minimum atomic E-state index is -4.67. The second kappa shape index (κ2) is 8.94. The number of nitrogens with zero attached hydrogens (tertiary/aromatic N) is 1. The number of anilines is 1. The number of amides is 1. The van der Waals surface area contributed by atoms with Crippen LogP contribution >= 0.6 is 23.2 Å². The van der Waals surface area contributed by atoms with Crippen LogP contribution in [-0.4, -0.2) is 44.5 Å². The van der Waals surface area contributed by atoms with E-state index in [4.69, 9.17) is 27.9 Å². The highest BCUT2D eigenvalue weighted by atomic mass is 35.5. The number of ether oxygens (including phenoxy) is 1. The number of halogens is 4. The second-order valence-electron chi connectivity index (χ2n) is 7.44. The van der Waals surface area contributed by atoms with Crippen molar-refractivity contribution in [3.05, 3.63) is 69.7 Å². The molecule has 1 heterocycles. The largest absolute Gasteiger partial charge is 0.505 e. The molecular formula is C22H16Cl2F2N2O5S. The van der Waals surface area contributed by atoms with E-state index >= 15 is 0 Å². The van der Waals surface area contributed by atoms with Gasteiger partial charge >= 0.3 is 0 Å². The molecule has 0 saturated heterocycles. The maximum absolute atomic E-state index is 14.8. The van der Waals surface area contributed by atoms with Crippen LogP contribution < -0.4 is 9.46 Å². The molecule has 0 atom stereocenters. The molecule has 1 amide bonds. The smallest absolute Gasteiger partial charge is 0.265 e. The van der Waals surface area contributed by atoms with Crippen molar-refractivity contribution in [3.8, 4) is 22.6 Å². The van der Waals surface area contributed by atoms with Crippen molar-refractivity contribution >= 4 is 44.8 Å². The Kier molecular flexibility index (Phi) is 6.32. The first-order valence-corrected chi connectivity index (χ1v) is 11.9. The summed E-state index contributed by atoms with van der Waals surface area (Å²) in [6, 6.07) is 7.85. The van der Waals surface area contributed by atoms with Gasteiger partial charge in [0.05, 0.1) is 17.3 Å². The van der Waals surface area contributed by atoms with Gasteiger partial charge in [-0.15, -0.1) is 0 Å². The van der Waals surface area contributed by atoms with Crippen LogP contribution in [-0.2, 0) is 10.0 Å². The van der Waals surface area contributed by atoms with Crippen molar-refractivity contribution in [2.24, 2.45) is 0 Å². The van der Waals surface area contributed by atoms with Gasteiger partial charge in [0.15, 0.2) is 5.75 Å². The molecule has 0 saturated carbocycles. The molecule has 1 aliphatic heterocycles. The van der Waals surface area contributed by atoms with Gasteiger partial charge in [-0.05, 0) is 36.4 Å². The zero-order valence-corrected chi connectivity index (χ0v) is 19.7. The van der Waals surface area contributed by atoms with Crippen LogP contribution in [0.15, 0.2) is 47.4 Å². The molecule has 12 heteroatoms. The Morgan fingerprint density at radius 1 is 1.06 bits per heavy atom. The molecule has 0 spiro atoms. The normalized spacial score (nSPS) is 15.4. The summed E-state index contributed by atoms with van der Waals surface area (Å²) < 4.78 is 63.2. The van der Waals surface area contributed by atoms with Crippen molar-refractivity contribution in [2.45, 2.75) is 4.90 Å². The predicted octanol–water partition coefficient (Wildman–Crippen LogP) is 4.91. The molecule has 178 valence electrons. The number of nitrogens with one attached hydrogen (secondary N) is 1. The summed E-state index contributed by atoms with van der Waals surface area (Å²) in [4.78, 5) is 13.3. The lowest BCUT2D eigenvalue weighted by atomic mass is 10.0. The standard InChI is InChI=1S/C22H16Cl2F2N2O5S/c1-28-4-5-33-19-3-2-12(23)8-14(19)13-9-18(17(26)10-16(13)25)27-34(31,32)20-7-11(22(28)30)6-15(24)21(20)29/h2-3,6-10,27,29H,4-5H2,1H3. The molecule has 0 radical (unpaired) electrons. The van der Waals surface area contributed by atoms with E-state index in [9.17, 15) is 27.1 Å². The summed E-state index contributed by atoms with van der Waals surface area (Å²) in [5.74, 6) is -3.46. The Balaban J connectivity index is 1.97. The van der Waals surface area contributed by atoms with Crippen molar-refractivity contribution in [1.29, 1.82) is 0 Å². The molecule has 0 fully saturated rings. The zero-order chi connectivity index (χ0) is 24.8. The average Bonchev–Trinajstić information content (AvgIpc) is 2.77. The summed E-state index contributed by atoms with van der Waals surface area (Å²) in [6.07, 6.45) is 0. The summed E-state index contributed by atoms with van der Waals surface area (Å²) in [6.45, 7) is 0.0542. The summed E-state index contributed by atoms with van der Waals surface area (Å²) in [5, 5.41) is 10.1. The van der Waals surface area contributed by atoms with Crippen LogP contribution in [0.1, 0.15) is 10.4 Å². The number of phenolic OH excluding ortho intramolecular Hbond substituents is 1. The second-order valence-corrected chi connectivity index (χ2v) is 9.93. The molecule has 0 aliphatic carbocycles. The summed E-state index contributed by atoms with van der Waals surface area (Å²) >= 11 is 12.0. The molecule has 1 aliphatic rings. The van der Waals surface area contributed by atoms with E-state index in [0.29, 0.717) is 6.07 Å². The number of hydrogen-bond acceptors (Lipinski definition) is 5. The van der Waals surface area contributed by atoms with Gasteiger partial charge in [0.1, 0.15) is 28.9 Å². The van der Waals surface area contributed by atoms with Crippen molar-refractivity contribution in [2.75, 3.05) is 24.9 Å². The van der Waals surface area contributed by atoms with Gasteiger partial charge in [-0.2, -0.15) is 0 Å². The molecule has 0 aromatic heterocycles. The van der Waals surface area contributed by atoms with Crippen LogP contribution in [0.4, 0.5) is 14.5 Å². The maximum Gasteiger partial charge on any atom is 0.265 e. The van der Waals surface area contributed by atoms with E-state index in [1.54, 1.807) is 0 Å². The lowest BCUT2D eigenvalue weighted by molar-refractivity contribution is 0.0773. The highest BCUT2D eigenvalue weighted by Gasteiger charge is 2.27. The first-order chi connectivity index (χ1) is 16.0. The fourth-order valence-corrected chi connectivity index (χ4v) is 5.04. The van der Waals surface area contributed by atoms with E-state index in [1.165, 1.54) is 30.1 Å². The predicted molar refractivity (Wildman–Crippen MR) is 123 cm³/mol. The zero-order valence-electron chi connectivity index (χ0n) is 17.4. The van der Waals surface area contributed by atoms with Gasteiger partial charge in [-0.25, -0.2) is 17.2 Å². The number of phenols is 1. The fourth-order valence-electron chi connectivity index (χ4n) is 3.39. The molecule has 3 aromatic rings. The Morgan fingerprint density at radius 2 is 1.79 bits per heavy atom. The number of likely N-dealkylation sites (N-methyl/N-ethyl adjacent to an activating group) is 1. The lowest BCUT2D eigenvalue weighted by Gasteiger charge is -2.19. The molecular weight excluding hydrogens is 513 g/mol. The Bertz CT molecular complexity index is 1430. The first-order valence-electron chi connectivity index (χ1n) is 9.70. The lowest BCUT2D eigenvalue weighted by Crippen LogP contribution is -2.31. The quantitative estimate of drug-likeness (QED) is 0.432. The van der Waals surface area contributed by atoms with E-state index in [1.807, 2.05) is 4.72 Å². The number of carbonyl (C=O) groups is 1. The van der Waals surface area contributed by atoms with Gasteiger partial charge in [-0.1, -0.05) is 23.2 Å². The molecule has 2 N–H and O–H groups in total. The summed E-state index contributed by atoms with van der Waals surface area (Å²) in [7, 11) is -3.21. The first kappa shape index (κ1) is 24.1. The average molecular weight is 529 g/mol. The van der Waals surface area contributed by atoms with Crippen molar-refractivity contribution in [3.63, 3.8) is 0 Å². The van der Waals surface area contributed by atoms with Gasteiger partial charge in [0.2, 0.25) is 0 Å². The van der Waals surface area contributed by atoms with E-state index in [2.05, 4.69) is 0 Å². The van der Waals surface area contributed by atoms with Gasteiger partial charge in [0.25, 0.3) is 15.9 Å². The van der Waals surface area contributed by atoms with Crippen LogP contribution in [0.25, 0.3) is 11.1 Å². The molecule has 3 aromatic carbocycles. The Morgan fingerprint density at radius 3 is 2.53 bits per heavy atom. The SMILES string of the molecule is CN1CCOc2ccc(Cl)cc2-c2cc(c(F)cc2F)NS(=O)(=O)c2cc(cc(Cl)c2O)C1=O. The third-order valence-electron chi connectivity index (χ3n) is 5.13. The molecule has 34 heavy (non-hydrogen) atoms. The van der Waals surface area contributed by atoms with Crippen LogP contribution in [0, 0.1) is 11.6 Å².